The van der Waals surface area contributed by atoms with Crippen LogP contribution in [0.2, 0.25) is 0 Å². The molecule has 0 saturated carbocycles. The molecule has 0 aliphatic carbocycles. The van der Waals surface area contributed by atoms with Crippen LogP contribution < -0.4 is 0 Å². The fraction of sp³-hybridized carbons (Fsp3) is 0.342. The van der Waals surface area contributed by atoms with Gasteiger partial charge in [0.15, 0.2) is 0 Å². The highest BCUT2D eigenvalue weighted by atomic mass is 32.2. The predicted octanol–water partition coefficient (Wildman–Crippen LogP) is 7.54. The molecule has 0 aromatic heterocycles. The van der Waals surface area contributed by atoms with Gasteiger partial charge in [-0.3, -0.25) is 0 Å². The van der Waals surface area contributed by atoms with Crippen LogP contribution in [0.3, 0.4) is 0 Å². The summed E-state index contributed by atoms with van der Waals surface area (Å²) in [4.78, 5) is 1.10. The summed E-state index contributed by atoms with van der Waals surface area (Å²) in [5.41, 5.74) is 4.42. The van der Waals surface area contributed by atoms with Gasteiger partial charge in [0.1, 0.15) is 24.4 Å². The maximum absolute atomic E-state index is 9.86. The Morgan fingerprint density at radius 2 is 1.24 bits per heavy atom. The lowest BCUT2D eigenvalue weighted by molar-refractivity contribution is -0.220. The monoisotopic (exact) mass is 623 g/mol. The van der Waals surface area contributed by atoms with E-state index in [1.165, 1.54) is 5.56 Å². The Labute approximate surface area is 271 Å². The van der Waals surface area contributed by atoms with Gasteiger partial charge in [0, 0.05) is 18.4 Å². The molecule has 234 valence electrons. The third-order valence-electron chi connectivity index (χ3n) is 7.86. The second kappa shape index (κ2) is 17.3. The van der Waals surface area contributed by atoms with Crippen LogP contribution in [0, 0.1) is 18.3 Å². The Kier molecular flexibility index (Phi) is 12.6. The summed E-state index contributed by atoms with van der Waals surface area (Å²) in [5.74, 6) is 0. The highest BCUT2D eigenvalue weighted by Gasteiger charge is 2.48. The molecule has 0 N–H and O–H groups in total. The first-order valence-corrected chi connectivity index (χ1v) is 16.2. The fourth-order valence-corrected chi connectivity index (χ4v) is 6.74. The Morgan fingerprint density at radius 3 is 1.78 bits per heavy atom. The third-order valence-corrected chi connectivity index (χ3v) is 9.25. The zero-order valence-corrected chi connectivity index (χ0v) is 26.7. The van der Waals surface area contributed by atoms with Crippen LogP contribution in [0.15, 0.2) is 120 Å². The van der Waals surface area contributed by atoms with E-state index in [2.05, 4.69) is 61.5 Å². The van der Waals surface area contributed by atoms with E-state index < -0.39 is 18.3 Å². The minimum absolute atomic E-state index is 0.187. The van der Waals surface area contributed by atoms with Crippen molar-refractivity contribution < 1.29 is 23.7 Å². The Bertz CT molecular complexity index is 1450. The highest BCUT2D eigenvalue weighted by Crippen LogP contribution is 2.40. The van der Waals surface area contributed by atoms with Gasteiger partial charge in [-0.05, 0) is 35.7 Å². The van der Waals surface area contributed by atoms with Gasteiger partial charge in [0.25, 0.3) is 0 Å². The minimum atomic E-state index is -0.626. The SMILES string of the molecule is CO[C@@H](C#N)C[C@@H]1O[C@H](COCc2ccccc2)[C@@H](OCc2ccccc2)[C@H](OCc2ccccc2)[C@H]1Sc1ccc(C)cc1. The topological polar surface area (TPSA) is 69.9 Å². The molecule has 1 fully saturated rings. The maximum atomic E-state index is 9.86. The predicted molar refractivity (Wildman–Crippen MR) is 177 cm³/mol. The van der Waals surface area contributed by atoms with E-state index in [1.54, 1.807) is 18.9 Å². The molecule has 0 unspecified atom stereocenters. The molecule has 6 nitrogen and oxygen atoms in total. The molecule has 5 rings (SSSR count). The number of nitrogens with zero attached hydrogens (tertiary/aromatic N) is 1. The van der Waals surface area contributed by atoms with Crippen LogP contribution >= 0.6 is 11.8 Å². The summed E-state index contributed by atoms with van der Waals surface area (Å²) in [6.45, 7) is 3.66. The number of ether oxygens (including phenoxy) is 5. The first-order chi connectivity index (χ1) is 22.1. The molecule has 1 aliphatic rings. The van der Waals surface area contributed by atoms with Gasteiger partial charge in [-0.2, -0.15) is 5.26 Å². The van der Waals surface area contributed by atoms with Crippen molar-refractivity contribution in [2.24, 2.45) is 0 Å². The first kappa shape index (κ1) is 32.9. The molecular formula is C38H41NO5S. The smallest absolute Gasteiger partial charge is 0.146 e. The van der Waals surface area contributed by atoms with E-state index >= 15 is 0 Å². The molecule has 6 atom stereocenters. The molecule has 0 spiro atoms. The van der Waals surface area contributed by atoms with Crippen molar-refractivity contribution in [2.45, 2.75) is 73.8 Å². The minimum Gasteiger partial charge on any atom is -0.374 e. The summed E-state index contributed by atoms with van der Waals surface area (Å²) in [6.07, 6.45) is -1.84. The number of hydrogen-bond acceptors (Lipinski definition) is 7. The van der Waals surface area contributed by atoms with Crippen molar-refractivity contribution in [3.05, 3.63) is 138 Å². The van der Waals surface area contributed by atoms with Crippen LogP contribution in [0.1, 0.15) is 28.7 Å². The number of thioether (sulfide) groups is 1. The molecule has 4 aromatic rings. The number of aryl methyl sites for hydroxylation is 1. The lowest BCUT2D eigenvalue weighted by atomic mass is 9.93. The lowest BCUT2D eigenvalue weighted by Gasteiger charge is -2.46. The average molecular weight is 624 g/mol. The second-order valence-electron chi connectivity index (χ2n) is 11.2. The summed E-state index contributed by atoms with van der Waals surface area (Å²) < 4.78 is 32.3. The largest absolute Gasteiger partial charge is 0.374 e. The molecule has 0 bridgehead atoms. The van der Waals surface area contributed by atoms with E-state index in [-0.39, 0.29) is 17.5 Å². The highest BCUT2D eigenvalue weighted by molar-refractivity contribution is 8.00. The van der Waals surface area contributed by atoms with Gasteiger partial charge < -0.3 is 23.7 Å². The van der Waals surface area contributed by atoms with Crippen LogP contribution in [0.4, 0.5) is 0 Å². The van der Waals surface area contributed by atoms with Crippen molar-refractivity contribution >= 4 is 11.8 Å². The Morgan fingerprint density at radius 1 is 0.711 bits per heavy atom. The van der Waals surface area contributed by atoms with Gasteiger partial charge in [0.05, 0.1) is 43.9 Å². The van der Waals surface area contributed by atoms with E-state index in [4.69, 9.17) is 23.7 Å². The van der Waals surface area contributed by atoms with Crippen LogP contribution in [-0.2, 0) is 43.5 Å². The van der Waals surface area contributed by atoms with Crippen molar-refractivity contribution in [3.8, 4) is 6.07 Å². The van der Waals surface area contributed by atoms with Gasteiger partial charge in [-0.15, -0.1) is 11.8 Å². The lowest BCUT2D eigenvalue weighted by Crippen LogP contribution is -2.59. The average Bonchev–Trinajstić information content (AvgIpc) is 3.09. The fourth-order valence-electron chi connectivity index (χ4n) is 5.44. The number of hydrogen-bond donors (Lipinski definition) is 0. The first-order valence-electron chi connectivity index (χ1n) is 15.4. The maximum Gasteiger partial charge on any atom is 0.146 e. The summed E-state index contributed by atoms with van der Waals surface area (Å²) >= 11 is 1.70. The number of methoxy groups -OCH3 is 1. The molecule has 1 saturated heterocycles. The number of nitriles is 1. The van der Waals surface area contributed by atoms with Crippen molar-refractivity contribution in [2.75, 3.05) is 13.7 Å². The van der Waals surface area contributed by atoms with Gasteiger partial charge in [-0.1, -0.05) is 109 Å². The van der Waals surface area contributed by atoms with Crippen LogP contribution in [-0.4, -0.2) is 49.5 Å². The molecule has 1 aliphatic heterocycles. The zero-order valence-electron chi connectivity index (χ0n) is 25.9. The number of rotatable bonds is 15. The molecule has 0 amide bonds. The van der Waals surface area contributed by atoms with E-state index in [1.807, 2.05) is 66.7 Å². The quantitative estimate of drug-likeness (QED) is 0.136. The molecule has 0 radical (unpaired) electrons. The summed E-state index contributed by atoms with van der Waals surface area (Å²) in [6, 6.07) is 41.2. The van der Waals surface area contributed by atoms with Crippen molar-refractivity contribution in [3.63, 3.8) is 0 Å². The molecular weight excluding hydrogens is 582 g/mol. The Hall–Kier alpha value is -3.48. The zero-order chi connectivity index (χ0) is 31.3. The molecule has 7 heteroatoms. The van der Waals surface area contributed by atoms with Gasteiger partial charge in [-0.25, -0.2) is 0 Å². The summed E-state index contributed by atoms with van der Waals surface area (Å²) in [7, 11) is 1.56. The van der Waals surface area contributed by atoms with E-state index in [0.717, 1.165) is 21.6 Å². The second-order valence-corrected chi connectivity index (χ2v) is 12.5. The third kappa shape index (κ3) is 9.75. The van der Waals surface area contributed by atoms with Crippen molar-refractivity contribution in [1.82, 2.24) is 0 Å². The van der Waals surface area contributed by atoms with Crippen molar-refractivity contribution in [1.29, 1.82) is 5.26 Å². The Balaban J connectivity index is 1.47. The van der Waals surface area contributed by atoms with E-state index in [0.29, 0.717) is 32.8 Å². The molecule has 1 heterocycles. The van der Waals surface area contributed by atoms with E-state index in [9.17, 15) is 5.26 Å². The summed E-state index contributed by atoms with van der Waals surface area (Å²) in [5, 5.41) is 9.67. The van der Waals surface area contributed by atoms with Gasteiger partial charge in [0.2, 0.25) is 0 Å². The molecule has 45 heavy (non-hydrogen) atoms. The van der Waals surface area contributed by atoms with Crippen LogP contribution in [0.5, 0.6) is 0 Å². The van der Waals surface area contributed by atoms with Crippen LogP contribution in [0.25, 0.3) is 0 Å². The normalized spacial score (nSPS) is 22.0. The standard InChI is InChI=1S/C38H41NO5S/c1-28-18-20-33(21-19-28)45-38-34(22-32(23-39)40-2)44-35(27-41-24-29-12-6-3-7-13-29)36(42-25-30-14-8-4-9-15-30)37(38)43-26-31-16-10-5-11-17-31/h3-21,32,34-38H,22,24-27H2,1-2H3/t32-,34+,35-,36-,37+,38+/m1/s1. The van der Waals surface area contributed by atoms with Gasteiger partial charge >= 0.3 is 0 Å². The molecule has 4 aromatic carbocycles. The number of benzene rings is 4.